The van der Waals surface area contributed by atoms with Crippen LogP contribution in [0.4, 0.5) is 0 Å². The second-order valence-electron chi connectivity index (χ2n) is 1.35. The molecule has 8 heavy (non-hydrogen) atoms. The van der Waals surface area contributed by atoms with E-state index in [1.165, 1.54) is 0 Å². The molecule has 2 nitrogen and oxygen atoms in total. The standard InChI is InChI=1S/C4H4Cl2N2/c5-2-3-1-4(6)8-7-3/h1H,2H2,(H,7,8). The fourth-order valence-electron chi connectivity index (χ4n) is 0.402. The van der Waals surface area contributed by atoms with Gasteiger partial charge in [-0.2, -0.15) is 5.10 Å². The van der Waals surface area contributed by atoms with E-state index in [0.717, 1.165) is 5.69 Å². The van der Waals surface area contributed by atoms with Crippen LogP contribution in [-0.2, 0) is 5.88 Å². The van der Waals surface area contributed by atoms with Gasteiger partial charge in [0.2, 0.25) is 0 Å². The lowest BCUT2D eigenvalue weighted by Crippen LogP contribution is -1.73. The molecule has 0 saturated heterocycles. The topological polar surface area (TPSA) is 28.7 Å². The summed E-state index contributed by atoms with van der Waals surface area (Å²) < 4.78 is 0. The quantitative estimate of drug-likeness (QED) is 0.609. The third kappa shape index (κ3) is 1.14. The second kappa shape index (κ2) is 2.37. The number of nitrogens with one attached hydrogen (secondary N) is 1. The first-order valence-electron chi connectivity index (χ1n) is 2.08. The molecular weight excluding hydrogens is 147 g/mol. The number of alkyl halides is 1. The van der Waals surface area contributed by atoms with Crippen LogP contribution in [0.2, 0.25) is 5.15 Å². The molecule has 4 heteroatoms. The van der Waals surface area contributed by atoms with Crippen LogP contribution >= 0.6 is 23.2 Å². The zero-order chi connectivity index (χ0) is 5.98. The monoisotopic (exact) mass is 150 g/mol. The summed E-state index contributed by atoms with van der Waals surface area (Å²) in [4.78, 5) is 0. The van der Waals surface area contributed by atoms with E-state index in [1.54, 1.807) is 6.07 Å². The van der Waals surface area contributed by atoms with Gasteiger partial charge >= 0.3 is 0 Å². The predicted octanol–water partition coefficient (Wildman–Crippen LogP) is 1.80. The van der Waals surface area contributed by atoms with Crippen LogP contribution in [0.1, 0.15) is 5.69 Å². The lowest BCUT2D eigenvalue weighted by Gasteiger charge is -1.77. The molecule has 1 heterocycles. The van der Waals surface area contributed by atoms with Crippen molar-refractivity contribution >= 4 is 23.2 Å². The Morgan fingerprint density at radius 3 is 2.75 bits per heavy atom. The van der Waals surface area contributed by atoms with Crippen molar-refractivity contribution in [2.24, 2.45) is 0 Å². The summed E-state index contributed by atoms with van der Waals surface area (Å²) in [6.07, 6.45) is 0. The molecule has 0 spiro atoms. The van der Waals surface area contributed by atoms with Crippen molar-refractivity contribution in [3.63, 3.8) is 0 Å². The summed E-state index contributed by atoms with van der Waals surface area (Å²) in [7, 11) is 0. The van der Waals surface area contributed by atoms with Crippen molar-refractivity contribution < 1.29 is 0 Å². The number of rotatable bonds is 1. The Morgan fingerprint density at radius 2 is 2.50 bits per heavy atom. The highest BCUT2D eigenvalue weighted by Crippen LogP contribution is 2.06. The summed E-state index contributed by atoms with van der Waals surface area (Å²) in [5.41, 5.74) is 0.844. The molecule has 1 rings (SSSR count). The second-order valence-corrected chi connectivity index (χ2v) is 2.00. The van der Waals surface area contributed by atoms with Gasteiger partial charge in [-0.15, -0.1) is 11.6 Å². The molecular formula is C4H4Cl2N2. The molecule has 1 aromatic heterocycles. The SMILES string of the molecule is ClCc1cc(Cl)n[nH]1. The highest BCUT2D eigenvalue weighted by molar-refractivity contribution is 6.29. The maximum atomic E-state index is 5.44. The Labute approximate surface area is 56.8 Å². The lowest BCUT2D eigenvalue weighted by atomic mass is 10.5. The van der Waals surface area contributed by atoms with Gasteiger partial charge in [-0.1, -0.05) is 11.6 Å². The van der Waals surface area contributed by atoms with Gasteiger partial charge < -0.3 is 0 Å². The Kier molecular flexibility index (Phi) is 1.76. The molecule has 0 saturated carbocycles. The zero-order valence-electron chi connectivity index (χ0n) is 3.99. The summed E-state index contributed by atoms with van der Waals surface area (Å²) in [5.74, 6) is 0.430. The number of halogens is 2. The predicted molar refractivity (Wildman–Crippen MR) is 33.2 cm³/mol. The summed E-state index contributed by atoms with van der Waals surface area (Å²) >= 11 is 10.8. The maximum Gasteiger partial charge on any atom is 0.151 e. The molecule has 0 amide bonds. The van der Waals surface area contributed by atoms with Crippen LogP contribution in [0.3, 0.4) is 0 Å². The molecule has 0 unspecified atom stereocenters. The van der Waals surface area contributed by atoms with Crippen LogP contribution in [0.25, 0.3) is 0 Å². The first kappa shape index (κ1) is 5.92. The molecule has 0 radical (unpaired) electrons. The van der Waals surface area contributed by atoms with Gasteiger partial charge in [0.05, 0.1) is 11.6 Å². The van der Waals surface area contributed by atoms with Crippen molar-refractivity contribution in [3.8, 4) is 0 Å². The van der Waals surface area contributed by atoms with Gasteiger partial charge in [0, 0.05) is 0 Å². The molecule has 1 aromatic rings. The van der Waals surface area contributed by atoms with E-state index in [0.29, 0.717) is 11.0 Å². The van der Waals surface area contributed by atoms with Crippen molar-refractivity contribution in [1.29, 1.82) is 0 Å². The normalized spacial score (nSPS) is 9.75. The van der Waals surface area contributed by atoms with Crippen molar-refractivity contribution in [3.05, 3.63) is 16.9 Å². The van der Waals surface area contributed by atoms with E-state index in [1.807, 2.05) is 0 Å². The molecule has 0 aliphatic rings. The number of aromatic nitrogens is 2. The van der Waals surface area contributed by atoms with Crippen LogP contribution in [0.5, 0.6) is 0 Å². The third-order valence-electron chi connectivity index (χ3n) is 0.744. The van der Waals surface area contributed by atoms with Crippen LogP contribution in [0.15, 0.2) is 6.07 Å². The zero-order valence-corrected chi connectivity index (χ0v) is 5.50. The smallest absolute Gasteiger partial charge is 0.151 e. The molecule has 0 aromatic carbocycles. The van der Waals surface area contributed by atoms with Crippen LogP contribution < -0.4 is 0 Å². The Balaban J connectivity index is 2.84. The summed E-state index contributed by atoms with van der Waals surface area (Å²) in [6.45, 7) is 0. The van der Waals surface area contributed by atoms with E-state index < -0.39 is 0 Å². The van der Waals surface area contributed by atoms with Gasteiger partial charge in [0.1, 0.15) is 0 Å². The van der Waals surface area contributed by atoms with Gasteiger partial charge in [0.15, 0.2) is 5.15 Å². The first-order valence-corrected chi connectivity index (χ1v) is 3.00. The number of H-pyrrole nitrogens is 1. The minimum atomic E-state index is 0.430. The minimum absolute atomic E-state index is 0.430. The molecule has 1 N–H and O–H groups in total. The summed E-state index contributed by atoms with van der Waals surface area (Å²) in [6, 6.07) is 1.69. The molecule has 0 aliphatic carbocycles. The largest absolute Gasteiger partial charge is 0.280 e. The van der Waals surface area contributed by atoms with Gasteiger partial charge in [0.25, 0.3) is 0 Å². The van der Waals surface area contributed by atoms with Gasteiger partial charge in [-0.3, -0.25) is 5.10 Å². The van der Waals surface area contributed by atoms with Crippen molar-refractivity contribution in [1.82, 2.24) is 10.2 Å². The van der Waals surface area contributed by atoms with E-state index >= 15 is 0 Å². The van der Waals surface area contributed by atoms with Gasteiger partial charge in [-0.25, -0.2) is 0 Å². The average Bonchev–Trinajstić information content (AvgIpc) is 2.14. The maximum absolute atomic E-state index is 5.44. The molecule has 0 bridgehead atoms. The number of aromatic amines is 1. The Bertz CT molecular complexity index is 172. The molecule has 0 fully saturated rings. The highest BCUT2D eigenvalue weighted by atomic mass is 35.5. The van der Waals surface area contributed by atoms with E-state index in [9.17, 15) is 0 Å². The molecule has 0 aliphatic heterocycles. The fourth-order valence-corrected chi connectivity index (χ4v) is 0.713. The lowest BCUT2D eigenvalue weighted by molar-refractivity contribution is 1.04. The Hall–Kier alpha value is -0.210. The molecule has 44 valence electrons. The average molecular weight is 151 g/mol. The van der Waals surface area contributed by atoms with E-state index in [4.69, 9.17) is 23.2 Å². The van der Waals surface area contributed by atoms with E-state index in [-0.39, 0.29) is 0 Å². The van der Waals surface area contributed by atoms with Gasteiger partial charge in [-0.05, 0) is 6.07 Å². The van der Waals surface area contributed by atoms with Crippen molar-refractivity contribution in [2.45, 2.75) is 5.88 Å². The number of hydrogen-bond acceptors (Lipinski definition) is 1. The number of hydrogen-bond donors (Lipinski definition) is 1. The highest BCUT2D eigenvalue weighted by Gasteiger charge is 1.92. The number of nitrogens with zero attached hydrogens (tertiary/aromatic N) is 1. The van der Waals surface area contributed by atoms with Crippen molar-refractivity contribution in [2.75, 3.05) is 0 Å². The first-order chi connectivity index (χ1) is 3.83. The fraction of sp³-hybridized carbons (Fsp3) is 0.250. The van der Waals surface area contributed by atoms with E-state index in [2.05, 4.69) is 10.2 Å². The third-order valence-corrected chi connectivity index (χ3v) is 1.23. The minimum Gasteiger partial charge on any atom is -0.280 e. The summed E-state index contributed by atoms with van der Waals surface area (Å²) in [5, 5.41) is 6.74. The van der Waals surface area contributed by atoms with Crippen LogP contribution in [0, 0.1) is 0 Å². The van der Waals surface area contributed by atoms with Crippen LogP contribution in [-0.4, -0.2) is 10.2 Å². The molecule has 0 atom stereocenters. The Morgan fingerprint density at radius 1 is 1.75 bits per heavy atom.